The summed E-state index contributed by atoms with van der Waals surface area (Å²) in [4.78, 5) is 11.3. The second-order valence-electron chi connectivity index (χ2n) is 1.99. The van der Waals surface area contributed by atoms with Gasteiger partial charge in [-0.05, 0) is 27.9 Å². The van der Waals surface area contributed by atoms with Crippen molar-refractivity contribution in [1.82, 2.24) is 4.31 Å². The number of halogens is 4. The second kappa shape index (κ2) is 2.94. The van der Waals surface area contributed by atoms with Crippen molar-refractivity contribution in [3.05, 3.63) is 0 Å². The maximum Gasteiger partial charge on any atom is 0.268 e. The summed E-state index contributed by atoms with van der Waals surface area (Å²) in [7, 11) is 1.61. The third-order valence-electron chi connectivity index (χ3n) is 1.17. The molecule has 0 aromatic carbocycles. The molecule has 1 saturated heterocycles. The van der Waals surface area contributed by atoms with Crippen molar-refractivity contribution in [2.24, 2.45) is 0 Å². The molecule has 64 valence electrons. The molecule has 0 N–H and O–H groups in total. The molecule has 1 fully saturated rings. The molecule has 2 unspecified atom stereocenters. The zero-order valence-electron chi connectivity index (χ0n) is 5.28. The number of hydrogen-bond donors (Lipinski definition) is 0. The summed E-state index contributed by atoms with van der Waals surface area (Å²) in [6, 6.07) is 0. The van der Waals surface area contributed by atoms with Gasteiger partial charge in [-0.3, -0.25) is 9.10 Å². The van der Waals surface area contributed by atoms with E-state index in [2.05, 4.69) is 31.9 Å². The van der Waals surface area contributed by atoms with Gasteiger partial charge in [0.2, 0.25) is 6.90 Å². The van der Waals surface area contributed by atoms with E-state index in [1.165, 1.54) is 4.31 Å². The highest BCUT2D eigenvalue weighted by Crippen LogP contribution is 2.59. The van der Waals surface area contributed by atoms with E-state index in [0.29, 0.717) is 0 Å². The molecule has 0 aromatic rings. The Bertz CT molecular complexity index is 210. The van der Waals surface area contributed by atoms with Crippen LogP contribution < -0.4 is 0 Å². The highest BCUT2D eigenvalue weighted by Gasteiger charge is 2.61. The molecular formula is C4H3Br2Cl2NOS. The molecule has 1 rings (SSSR count). The zero-order chi connectivity index (χ0) is 8.86. The lowest BCUT2D eigenvalue weighted by molar-refractivity contribution is -0.124. The molecule has 0 spiro atoms. The van der Waals surface area contributed by atoms with Crippen LogP contribution in [0.1, 0.15) is 0 Å². The minimum Gasteiger partial charge on any atom is -0.285 e. The van der Waals surface area contributed by atoms with Crippen molar-refractivity contribution < 1.29 is 4.79 Å². The van der Waals surface area contributed by atoms with E-state index in [0.717, 1.165) is 11.9 Å². The highest BCUT2D eigenvalue weighted by molar-refractivity contribution is 9.15. The molecule has 0 radical (unpaired) electrons. The first-order valence-electron chi connectivity index (χ1n) is 2.52. The van der Waals surface area contributed by atoms with Crippen LogP contribution >= 0.6 is 67.0 Å². The molecule has 0 saturated carbocycles. The summed E-state index contributed by atoms with van der Waals surface area (Å²) in [5.74, 6) is -0.268. The fraction of sp³-hybridized carbons (Fsp3) is 0.750. The lowest BCUT2D eigenvalue weighted by Gasteiger charge is -2.19. The van der Waals surface area contributed by atoms with Crippen molar-refractivity contribution in [1.29, 1.82) is 0 Å². The normalized spacial score (nSPS) is 45.2. The quantitative estimate of drug-likeness (QED) is 0.498. The molecule has 2 nitrogen and oxygen atoms in total. The van der Waals surface area contributed by atoms with Crippen LogP contribution in [0.4, 0.5) is 0 Å². The first-order chi connectivity index (χ1) is 4.79. The minimum absolute atomic E-state index is 0.268. The Morgan fingerprint density at radius 1 is 1.55 bits per heavy atom. The molecule has 1 amide bonds. The van der Waals surface area contributed by atoms with E-state index in [9.17, 15) is 4.79 Å². The van der Waals surface area contributed by atoms with Gasteiger partial charge in [-0.1, -0.05) is 39.1 Å². The fourth-order valence-electron chi connectivity index (χ4n) is 0.593. The van der Waals surface area contributed by atoms with E-state index < -0.39 is 6.90 Å². The SMILES string of the molecule is CN1SC(Cl)(Br)C(Cl)(Br)C1=O. The molecule has 7 heteroatoms. The van der Waals surface area contributed by atoms with Gasteiger partial charge >= 0.3 is 0 Å². The summed E-state index contributed by atoms with van der Waals surface area (Å²) >= 11 is 19.0. The Hall–Kier alpha value is 1.36. The van der Waals surface area contributed by atoms with Crippen LogP contribution in [-0.2, 0) is 4.79 Å². The molecule has 0 aromatic heterocycles. The smallest absolute Gasteiger partial charge is 0.268 e. The average Bonchev–Trinajstić information content (AvgIpc) is 1.93. The monoisotopic (exact) mass is 341 g/mol. The first kappa shape index (κ1) is 10.4. The predicted octanol–water partition coefficient (Wildman–Crippen LogP) is 2.72. The molecule has 0 bridgehead atoms. The Labute approximate surface area is 95.3 Å². The lowest BCUT2D eigenvalue weighted by atomic mass is 10.4. The molecule has 2 atom stereocenters. The Morgan fingerprint density at radius 2 is 2.00 bits per heavy atom. The summed E-state index contributed by atoms with van der Waals surface area (Å²) in [5.41, 5.74) is 0. The number of nitrogens with zero attached hydrogens (tertiary/aromatic N) is 1. The number of hydrogen-bond acceptors (Lipinski definition) is 2. The topological polar surface area (TPSA) is 20.3 Å². The number of amides is 1. The maximum atomic E-state index is 11.3. The average molecular weight is 344 g/mol. The van der Waals surface area contributed by atoms with Gasteiger partial charge in [0, 0.05) is 7.05 Å². The summed E-state index contributed by atoms with van der Waals surface area (Å²) in [5, 5.41) is 0. The Balaban J connectivity index is 3.02. The first-order valence-corrected chi connectivity index (χ1v) is 5.63. The van der Waals surface area contributed by atoms with E-state index in [4.69, 9.17) is 23.2 Å². The van der Waals surface area contributed by atoms with Gasteiger partial charge in [-0.2, -0.15) is 0 Å². The zero-order valence-corrected chi connectivity index (χ0v) is 10.8. The molecule has 0 aliphatic carbocycles. The van der Waals surface area contributed by atoms with Crippen LogP contribution in [0.2, 0.25) is 0 Å². The minimum atomic E-state index is -1.26. The van der Waals surface area contributed by atoms with Crippen LogP contribution in [-0.4, -0.2) is 24.2 Å². The predicted molar refractivity (Wildman–Crippen MR) is 55.4 cm³/mol. The summed E-state index contributed by atoms with van der Waals surface area (Å²) in [6.07, 6.45) is 0. The van der Waals surface area contributed by atoms with E-state index in [1.807, 2.05) is 0 Å². The third-order valence-corrected chi connectivity index (χ3v) is 6.51. The summed E-state index contributed by atoms with van der Waals surface area (Å²) < 4.78 is -0.891. The van der Waals surface area contributed by atoms with Crippen LogP contribution in [0, 0.1) is 0 Å². The van der Waals surface area contributed by atoms with Crippen molar-refractivity contribution in [2.75, 3.05) is 7.05 Å². The Kier molecular flexibility index (Phi) is 2.79. The molecule has 1 aliphatic heterocycles. The maximum absolute atomic E-state index is 11.3. The van der Waals surface area contributed by atoms with Gasteiger partial charge in [0.05, 0.1) is 0 Å². The number of carbonyl (C=O) groups is 1. The van der Waals surface area contributed by atoms with Gasteiger partial charge in [0.1, 0.15) is 0 Å². The van der Waals surface area contributed by atoms with Crippen LogP contribution in [0.25, 0.3) is 0 Å². The number of rotatable bonds is 0. The molecule has 1 aliphatic rings. The van der Waals surface area contributed by atoms with Gasteiger partial charge in [-0.15, -0.1) is 0 Å². The number of carbonyl (C=O) groups excluding carboxylic acids is 1. The number of alkyl halides is 4. The molecule has 11 heavy (non-hydrogen) atoms. The van der Waals surface area contributed by atoms with E-state index >= 15 is 0 Å². The van der Waals surface area contributed by atoms with Gasteiger partial charge in [-0.25, -0.2) is 0 Å². The van der Waals surface area contributed by atoms with Crippen molar-refractivity contribution in [3.63, 3.8) is 0 Å². The standard InChI is InChI=1S/C4H3Br2Cl2NOS/c1-9-2(10)3(5,7)4(6,8)11-9/h1H3. The molecular weight excluding hydrogens is 341 g/mol. The second-order valence-corrected chi connectivity index (χ2v) is 8.50. The largest absolute Gasteiger partial charge is 0.285 e. The van der Waals surface area contributed by atoms with Gasteiger partial charge < -0.3 is 0 Å². The van der Waals surface area contributed by atoms with Crippen molar-refractivity contribution in [3.8, 4) is 0 Å². The highest BCUT2D eigenvalue weighted by atomic mass is 79.9. The van der Waals surface area contributed by atoms with E-state index in [-0.39, 0.29) is 5.91 Å². The molecule has 1 heterocycles. The van der Waals surface area contributed by atoms with Crippen molar-refractivity contribution in [2.45, 2.75) is 6.90 Å². The Morgan fingerprint density at radius 3 is 2.09 bits per heavy atom. The fourth-order valence-corrected chi connectivity index (χ4v) is 3.45. The third kappa shape index (κ3) is 1.55. The van der Waals surface area contributed by atoms with E-state index in [1.54, 1.807) is 7.05 Å². The van der Waals surface area contributed by atoms with Crippen LogP contribution in [0.15, 0.2) is 0 Å². The van der Waals surface area contributed by atoms with Crippen LogP contribution in [0.5, 0.6) is 0 Å². The summed E-state index contributed by atoms with van der Waals surface area (Å²) in [6.45, 7) is 0. The van der Waals surface area contributed by atoms with Gasteiger partial charge in [0.25, 0.3) is 5.91 Å². The van der Waals surface area contributed by atoms with Crippen molar-refractivity contribution >= 4 is 72.9 Å². The lowest BCUT2D eigenvalue weighted by Crippen LogP contribution is -2.35. The van der Waals surface area contributed by atoms with Gasteiger partial charge in [0.15, 0.2) is 0 Å². The van der Waals surface area contributed by atoms with Crippen LogP contribution in [0.3, 0.4) is 0 Å².